The molecule has 4 heteroatoms. The first-order valence-electron chi connectivity index (χ1n) is 5.00. The van der Waals surface area contributed by atoms with Crippen molar-refractivity contribution in [3.63, 3.8) is 0 Å². The highest BCUT2D eigenvalue weighted by Gasteiger charge is 2.15. The first kappa shape index (κ1) is 11.8. The Morgan fingerprint density at radius 2 is 2.40 bits per heavy atom. The van der Waals surface area contributed by atoms with E-state index in [0.717, 1.165) is 11.3 Å². The third-order valence-corrected chi connectivity index (χ3v) is 2.36. The minimum atomic E-state index is 0.0122. The standard InChI is InChI=1S/C11H18N4/c1-5-8(2)13-11(6-12)10-7-15(4)14-9(10)3/h1,7-8,11,13H,6,12H2,2-4H3. The molecular weight excluding hydrogens is 188 g/mol. The lowest BCUT2D eigenvalue weighted by atomic mass is 10.1. The van der Waals surface area contributed by atoms with Crippen molar-refractivity contribution < 1.29 is 0 Å². The number of hydrogen-bond acceptors (Lipinski definition) is 3. The lowest BCUT2D eigenvalue weighted by Gasteiger charge is -2.18. The second-order valence-corrected chi connectivity index (χ2v) is 3.69. The Morgan fingerprint density at radius 3 is 2.80 bits per heavy atom. The highest BCUT2D eigenvalue weighted by molar-refractivity contribution is 5.21. The summed E-state index contributed by atoms with van der Waals surface area (Å²) in [6, 6.07) is 0.0860. The Balaban J connectivity index is 2.83. The summed E-state index contributed by atoms with van der Waals surface area (Å²) in [5, 5.41) is 7.55. The third-order valence-electron chi connectivity index (χ3n) is 2.36. The van der Waals surface area contributed by atoms with Gasteiger partial charge in [0.2, 0.25) is 0 Å². The van der Waals surface area contributed by atoms with Gasteiger partial charge < -0.3 is 5.73 Å². The summed E-state index contributed by atoms with van der Waals surface area (Å²) in [6.45, 7) is 4.42. The molecule has 0 aliphatic rings. The highest BCUT2D eigenvalue weighted by Crippen LogP contribution is 2.15. The van der Waals surface area contributed by atoms with Gasteiger partial charge in [-0.05, 0) is 13.8 Å². The minimum Gasteiger partial charge on any atom is -0.329 e. The Labute approximate surface area is 90.8 Å². The molecule has 0 aliphatic carbocycles. The number of nitrogens with two attached hydrogens (primary N) is 1. The third kappa shape index (κ3) is 2.82. The van der Waals surface area contributed by atoms with Crippen LogP contribution in [0.1, 0.15) is 24.2 Å². The van der Waals surface area contributed by atoms with E-state index >= 15 is 0 Å². The predicted molar refractivity (Wildman–Crippen MR) is 61.2 cm³/mol. The second-order valence-electron chi connectivity index (χ2n) is 3.69. The van der Waals surface area contributed by atoms with Gasteiger partial charge >= 0.3 is 0 Å². The molecule has 1 rings (SSSR count). The van der Waals surface area contributed by atoms with E-state index in [1.165, 1.54) is 0 Å². The Morgan fingerprint density at radius 1 is 1.73 bits per heavy atom. The van der Waals surface area contributed by atoms with Gasteiger partial charge in [-0.2, -0.15) is 5.10 Å². The van der Waals surface area contributed by atoms with E-state index in [4.69, 9.17) is 12.2 Å². The average Bonchev–Trinajstić information content (AvgIpc) is 2.54. The van der Waals surface area contributed by atoms with Gasteiger partial charge in [-0.3, -0.25) is 10.00 Å². The van der Waals surface area contributed by atoms with Crippen molar-refractivity contribution in [2.45, 2.75) is 25.9 Å². The van der Waals surface area contributed by atoms with Crippen LogP contribution in [0.2, 0.25) is 0 Å². The van der Waals surface area contributed by atoms with Crippen LogP contribution in [0.4, 0.5) is 0 Å². The molecular formula is C11H18N4. The quantitative estimate of drug-likeness (QED) is 0.698. The fraction of sp³-hybridized carbons (Fsp3) is 0.545. The second kappa shape index (κ2) is 4.96. The molecule has 0 radical (unpaired) electrons. The first-order chi connectivity index (χ1) is 7.08. The fourth-order valence-corrected chi connectivity index (χ4v) is 1.59. The number of hydrogen-bond donors (Lipinski definition) is 2. The summed E-state index contributed by atoms with van der Waals surface area (Å²) >= 11 is 0. The molecule has 0 saturated carbocycles. The zero-order valence-corrected chi connectivity index (χ0v) is 9.49. The van der Waals surface area contributed by atoms with E-state index in [1.807, 2.05) is 27.1 Å². The monoisotopic (exact) mass is 206 g/mol. The van der Waals surface area contributed by atoms with E-state index in [2.05, 4.69) is 16.3 Å². The molecule has 2 unspecified atom stereocenters. The van der Waals surface area contributed by atoms with Gasteiger partial charge in [-0.1, -0.05) is 5.92 Å². The summed E-state index contributed by atoms with van der Waals surface area (Å²) in [7, 11) is 1.90. The van der Waals surface area contributed by atoms with Crippen LogP contribution < -0.4 is 11.1 Å². The Kier molecular flexibility index (Phi) is 3.89. The Hall–Kier alpha value is -1.31. The summed E-state index contributed by atoms with van der Waals surface area (Å²) in [5.41, 5.74) is 7.82. The van der Waals surface area contributed by atoms with Crippen molar-refractivity contribution in [2.75, 3.05) is 6.54 Å². The number of rotatable bonds is 4. The van der Waals surface area contributed by atoms with E-state index in [1.54, 1.807) is 4.68 Å². The molecule has 1 heterocycles. The summed E-state index contributed by atoms with van der Waals surface area (Å²) in [6.07, 6.45) is 7.30. The van der Waals surface area contributed by atoms with Crippen LogP contribution in [-0.4, -0.2) is 22.4 Å². The van der Waals surface area contributed by atoms with E-state index in [9.17, 15) is 0 Å². The van der Waals surface area contributed by atoms with Crippen LogP contribution in [0.5, 0.6) is 0 Å². The van der Waals surface area contributed by atoms with Crippen molar-refractivity contribution in [3.05, 3.63) is 17.5 Å². The van der Waals surface area contributed by atoms with Gasteiger partial charge in [0, 0.05) is 31.4 Å². The molecule has 2 atom stereocenters. The van der Waals surface area contributed by atoms with Gasteiger partial charge in [0.15, 0.2) is 0 Å². The smallest absolute Gasteiger partial charge is 0.0663 e. The van der Waals surface area contributed by atoms with Crippen molar-refractivity contribution >= 4 is 0 Å². The number of terminal acetylenes is 1. The van der Waals surface area contributed by atoms with Crippen LogP contribution >= 0.6 is 0 Å². The fourth-order valence-electron chi connectivity index (χ4n) is 1.59. The molecule has 82 valence electrons. The van der Waals surface area contributed by atoms with Gasteiger partial charge in [0.1, 0.15) is 0 Å². The summed E-state index contributed by atoms with van der Waals surface area (Å²) in [5.74, 6) is 2.63. The largest absolute Gasteiger partial charge is 0.329 e. The van der Waals surface area contributed by atoms with Crippen LogP contribution in [0, 0.1) is 19.3 Å². The van der Waals surface area contributed by atoms with E-state index in [-0.39, 0.29) is 12.1 Å². The van der Waals surface area contributed by atoms with E-state index < -0.39 is 0 Å². The van der Waals surface area contributed by atoms with Gasteiger partial charge in [-0.25, -0.2) is 0 Å². The van der Waals surface area contributed by atoms with Crippen molar-refractivity contribution in [1.82, 2.24) is 15.1 Å². The molecule has 0 amide bonds. The lowest BCUT2D eigenvalue weighted by Crippen LogP contribution is -2.34. The molecule has 15 heavy (non-hydrogen) atoms. The molecule has 0 fully saturated rings. The molecule has 3 N–H and O–H groups in total. The molecule has 4 nitrogen and oxygen atoms in total. The van der Waals surface area contributed by atoms with Crippen molar-refractivity contribution in [1.29, 1.82) is 0 Å². The Bertz CT molecular complexity index is 361. The number of nitrogens with one attached hydrogen (secondary N) is 1. The SMILES string of the molecule is C#CC(C)NC(CN)c1cn(C)nc1C. The number of aryl methyl sites for hydroxylation is 2. The van der Waals surface area contributed by atoms with Crippen LogP contribution in [-0.2, 0) is 7.05 Å². The average molecular weight is 206 g/mol. The molecule has 0 spiro atoms. The molecule has 0 saturated heterocycles. The normalized spacial score (nSPS) is 14.6. The van der Waals surface area contributed by atoms with Crippen LogP contribution in [0.15, 0.2) is 6.20 Å². The molecule has 0 aromatic carbocycles. The first-order valence-corrected chi connectivity index (χ1v) is 5.00. The molecule has 1 aromatic rings. The molecule has 0 aliphatic heterocycles. The topological polar surface area (TPSA) is 55.9 Å². The maximum absolute atomic E-state index is 5.72. The summed E-state index contributed by atoms with van der Waals surface area (Å²) < 4.78 is 1.79. The van der Waals surface area contributed by atoms with Gasteiger partial charge in [-0.15, -0.1) is 6.42 Å². The molecule has 1 aromatic heterocycles. The zero-order valence-electron chi connectivity index (χ0n) is 9.49. The highest BCUT2D eigenvalue weighted by atomic mass is 15.3. The maximum atomic E-state index is 5.72. The van der Waals surface area contributed by atoms with E-state index in [0.29, 0.717) is 6.54 Å². The van der Waals surface area contributed by atoms with Gasteiger partial charge in [0.25, 0.3) is 0 Å². The van der Waals surface area contributed by atoms with Crippen LogP contribution in [0.25, 0.3) is 0 Å². The predicted octanol–water partition coefficient (Wildman–Crippen LogP) is 0.340. The minimum absolute atomic E-state index is 0.0122. The summed E-state index contributed by atoms with van der Waals surface area (Å²) in [4.78, 5) is 0. The number of nitrogens with zero attached hydrogens (tertiary/aromatic N) is 2. The van der Waals surface area contributed by atoms with Crippen molar-refractivity contribution in [3.8, 4) is 12.3 Å². The van der Waals surface area contributed by atoms with Crippen molar-refractivity contribution in [2.24, 2.45) is 12.8 Å². The zero-order chi connectivity index (χ0) is 11.4. The molecule has 0 bridgehead atoms. The number of aromatic nitrogens is 2. The van der Waals surface area contributed by atoms with Gasteiger partial charge in [0.05, 0.1) is 11.7 Å². The lowest BCUT2D eigenvalue weighted by molar-refractivity contribution is 0.516. The van der Waals surface area contributed by atoms with Crippen LogP contribution in [0.3, 0.4) is 0 Å². The maximum Gasteiger partial charge on any atom is 0.0663 e.